The predicted octanol–water partition coefficient (Wildman–Crippen LogP) is 3.22. The molecule has 1 saturated heterocycles. The molecule has 140 valence electrons. The Hall–Kier alpha value is -3.02. The van der Waals surface area contributed by atoms with Crippen LogP contribution in [-0.4, -0.2) is 30.8 Å². The van der Waals surface area contributed by atoms with Crippen LogP contribution < -0.4 is 4.90 Å². The quantitative estimate of drug-likeness (QED) is 0.600. The van der Waals surface area contributed by atoms with Gasteiger partial charge in [-0.3, -0.25) is 14.4 Å². The SMILES string of the molecule is Cc1ccc(C(=O)COC(=O)[C@H]2CC(=O)N(c3ccccc3F)C2)c(C)c1. The second kappa shape index (κ2) is 7.70. The summed E-state index contributed by atoms with van der Waals surface area (Å²) in [6, 6.07) is 11.3. The summed E-state index contributed by atoms with van der Waals surface area (Å²) in [6.07, 6.45) is -0.0646. The highest BCUT2D eigenvalue weighted by Crippen LogP contribution is 2.27. The lowest BCUT2D eigenvalue weighted by atomic mass is 10.0. The number of carbonyl (C=O) groups excluding carboxylic acids is 3. The molecule has 0 spiro atoms. The van der Waals surface area contributed by atoms with Crippen LogP contribution in [0.15, 0.2) is 42.5 Å². The summed E-state index contributed by atoms with van der Waals surface area (Å²) in [6.45, 7) is 3.41. The lowest BCUT2D eigenvalue weighted by Crippen LogP contribution is -2.28. The number of ether oxygens (including phenoxy) is 1. The third kappa shape index (κ3) is 4.05. The van der Waals surface area contributed by atoms with Gasteiger partial charge in [0, 0.05) is 18.5 Å². The number of Topliss-reactive ketones (excluding diaryl/α,β-unsaturated/α-hetero) is 1. The van der Waals surface area contributed by atoms with Crippen molar-refractivity contribution in [2.45, 2.75) is 20.3 Å². The molecule has 0 N–H and O–H groups in total. The van der Waals surface area contributed by atoms with Gasteiger partial charge in [0.15, 0.2) is 6.61 Å². The van der Waals surface area contributed by atoms with Crippen molar-refractivity contribution in [3.8, 4) is 0 Å². The molecule has 0 aliphatic carbocycles. The molecular formula is C21H20FNO4. The van der Waals surface area contributed by atoms with E-state index in [9.17, 15) is 18.8 Å². The predicted molar refractivity (Wildman–Crippen MR) is 98.1 cm³/mol. The van der Waals surface area contributed by atoms with Crippen LogP contribution in [0, 0.1) is 25.6 Å². The van der Waals surface area contributed by atoms with E-state index in [2.05, 4.69) is 0 Å². The van der Waals surface area contributed by atoms with Gasteiger partial charge < -0.3 is 9.64 Å². The van der Waals surface area contributed by atoms with Crippen molar-refractivity contribution >= 4 is 23.3 Å². The fourth-order valence-electron chi connectivity index (χ4n) is 3.23. The third-order valence-corrected chi connectivity index (χ3v) is 4.63. The number of hydrogen-bond donors (Lipinski definition) is 0. The van der Waals surface area contributed by atoms with E-state index in [4.69, 9.17) is 4.74 Å². The highest BCUT2D eigenvalue weighted by atomic mass is 19.1. The molecule has 3 rings (SSSR count). The first kappa shape index (κ1) is 18.8. The minimum Gasteiger partial charge on any atom is -0.457 e. The van der Waals surface area contributed by atoms with Gasteiger partial charge in [-0.15, -0.1) is 0 Å². The van der Waals surface area contributed by atoms with Crippen LogP contribution >= 0.6 is 0 Å². The second-order valence-corrected chi connectivity index (χ2v) is 6.71. The van der Waals surface area contributed by atoms with E-state index in [0.29, 0.717) is 5.56 Å². The molecule has 1 aliphatic heterocycles. The van der Waals surface area contributed by atoms with Crippen molar-refractivity contribution in [3.05, 3.63) is 65.0 Å². The molecule has 1 heterocycles. The summed E-state index contributed by atoms with van der Waals surface area (Å²) in [5.74, 6) is -2.51. The van der Waals surface area contributed by atoms with E-state index in [1.165, 1.54) is 23.1 Å². The van der Waals surface area contributed by atoms with Crippen LogP contribution in [0.5, 0.6) is 0 Å². The Kier molecular flexibility index (Phi) is 5.35. The molecule has 2 aromatic carbocycles. The maximum Gasteiger partial charge on any atom is 0.311 e. The van der Waals surface area contributed by atoms with Crippen LogP contribution in [0.3, 0.4) is 0 Å². The van der Waals surface area contributed by atoms with E-state index in [1.807, 2.05) is 26.0 Å². The number of hydrogen-bond acceptors (Lipinski definition) is 4. The highest BCUT2D eigenvalue weighted by Gasteiger charge is 2.37. The molecule has 1 atom stereocenters. The van der Waals surface area contributed by atoms with Gasteiger partial charge in [0.05, 0.1) is 11.6 Å². The number of anilines is 1. The lowest BCUT2D eigenvalue weighted by molar-refractivity contribution is -0.147. The number of aryl methyl sites for hydroxylation is 2. The van der Waals surface area contributed by atoms with Crippen molar-refractivity contribution in [1.29, 1.82) is 0 Å². The largest absolute Gasteiger partial charge is 0.457 e. The molecule has 6 heteroatoms. The minimum absolute atomic E-state index is 0.0380. The number of ketones is 1. The molecule has 0 radical (unpaired) electrons. The smallest absolute Gasteiger partial charge is 0.311 e. The Morgan fingerprint density at radius 2 is 1.93 bits per heavy atom. The van der Waals surface area contributed by atoms with Crippen molar-refractivity contribution < 1.29 is 23.5 Å². The van der Waals surface area contributed by atoms with Gasteiger partial charge in [-0.1, -0.05) is 35.9 Å². The van der Waals surface area contributed by atoms with Gasteiger partial charge in [-0.25, -0.2) is 4.39 Å². The molecule has 0 aromatic heterocycles. The molecule has 0 unspecified atom stereocenters. The normalized spacial score (nSPS) is 16.5. The number of benzene rings is 2. The van der Waals surface area contributed by atoms with Gasteiger partial charge in [0.2, 0.25) is 11.7 Å². The zero-order valence-electron chi connectivity index (χ0n) is 15.2. The maximum atomic E-state index is 13.9. The number of rotatable bonds is 5. The Balaban J connectivity index is 1.61. The number of esters is 1. The van der Waals surface area contributed by atoms with Gasteiger partial charge in [0.25, 0.3) is 0 Å². The number of amides is 1. The maximum absolute atomic E-state index is 13.9. The number of nitrogens with zero attached hydrogens (tertiary/aromatic N) is 1. The number of carbonyl (C=O) groups is 3. The Bertz CT molecular complexity index is 909. The summed E-state index contributed by atoms with van der Waals surface area (Å²) in [7, 11) is 0. The van der Waals surface area contributed by atoms with E-state index in [0.717, 1.165) is 11.1 Å². The lowest BCUT2D eigenvalue weighted by Gasteiger charge is -2.17. The van der Waals surface area contributed by atoms with Crippen molar-refractivity contribution in [3.63, 3.8) is 0 Å². The Morgan fingerprint density at radius 3 is 2.63 bits per heavy atom. The molecule has 2 aromatic rings. The summed E-state index contributed by atoms with van der Waals surface area (Å²) in [5, 5.41) is 0. The molecule has 1 aliphatic rings. The standard InChI is InChI=1S/C21H20FNO4/c1-13-7-8-16(14(2)9-13)19(24)12-27-21(26)15-10-20(25)23(11-15)18-6-4-3-5-17(18)22/h3-9,15H,10-12H2,1-2H3/t15-/m0/s1. The summed E-state index contributed by atoms with van der Waals surface area (Å²) >= 11 is 0. The van der Waals surface area contributed by atoms with Gasteiger partial charge in [-0.05, 0) is 31.5 Å². The summed E-state index contributed by atoms with van der Waals surface area (Å²) in [4.78, 5) is 38.0. The van der Waals surface area contributed by atoms with Gasteiger partial charge >= 0.3 is 5.97 Å². The Labute approximate surface area is 156 Å². The van der Waals surface area contributed by atoms with Crippen molar-refractivity contribution in [2.24, 2.45) is 5.92 Å². The second-order valence-electron chi connectivity index (χ2n) is 6.71. The topological polar surface area (TPSA) is 63.7 Å². The van der Waals surface area contributed by atoms with E-state index in [-0.39, 0.29) is 37.0 Å². The number of halogens is 1. The van der Waals surface area contributed by atoms with Gasteiger partial charge in [-0.2, -0.15) is 0 Å². The molecule has 27 heavy (non-hydrogen) atoms. The summed E-state index contributed by atoms with van der Waals surface area (Å²) in [5.41, 5.74) is 2.50. The molecular weight excluding hydrogens is 349 g/mol. The van der Waals surface area contributed by atoms with Crippen molar-refractivity contribution in [2.75, 3.05) is 18.1 Å². The van der Waals surface area contributed by atoms with Crippen LogP contribution in [0.25, 0.3) is 0 Å². The van der Waals surface area contributed by atoms with Crippen LogP contribution in [0.1, 0.15) is 27.9 Å². The molecule has 1 fully saturated rings. The first-order valence-corrected chi connectivity index (χ1v) is 8.69. The zero-order valence-corrected chi connectivity index (χ0v) is 15.2. The Morgan fingerprint density at radius 1 is 1.19 bits per heavy atom. The zero-order chi connectivity index (χ0) is 19.6. The fourth-order valence-corrected chi connectivity index (χ4v) is 3.23. The molecule has 0 saturated carbocycles. The van der Waals surface area contributed by atoms with Crippen molar-refractivity contribution in [1.82, 2.24) is 0 Å². The van der Waals surface area contributed by atoms with Crippen LogP contribution in [0.4, 0.5) is 10.1 Å². The first-order chi connectivity index (χ1) is 12.9. The average molecular weight is 369 g/mol. The number of para-hydroxylation sites is 1. The first-order valence-electron chi connectivity index (χ1n) is 8.69. The van der Waals surface area contributed by atoms with E-state index < -0.39 is 17.7 Å². The monoisotopic (exact) mass is 369 g/mol. The average Bonchev–Trinajstić information content (AvgIpc) is 3.01. The van der Waals surface area contributed by atoms with E-state index in [1.54, 1.807) is 12.1 Å². The van der Waals surface area contributed by atoms with Crippen LogP contribution in [-0.2, 0) is 14.3 Å². The third-order valence-electron chi connectivity index (χ3n) is 4.63. The molecule has 5 nitrogen and oxygen atoms in total. The van der Waals surface area contributed by atoms with Crippen LogP contribution in [0.2, 0.25) is 0 Å². The molecule has 0 bridgehead atoms. The van der Waals surface area contributed by atoms with E-state index >= 15 is 0 Å². The highest BCUT2D eigenvalue weighted by molar-refractivity contribution is 6.01. The summed E-state index contributed by atoms with van der Waals surface area (Å²) < 4.78 is 19.0. The fraction of sp³-hybridized carbons (Fsp3) is 0.286. The minimum atomic E-state index is -0.718. The molecule has 1 amide bonds. The van der Waals surface area contributed by atoms with Gasteiger partial charge in [0.1, 0.15) is 5.82 Å².